The van der Waals surface area contributed by atoms with E-state index in [0.29, 0.717) is 0 Å². The van der Waals surface area contributed by atoms with Gasteiger partial charge in [-0.25, -0.2) is 4.79 Å². The van der Waals surface area contributed by atoms with Gasteiger partial charge in [0.2, 0.25) is 0 Å². The molecule has 0 heterocycles. The van der Waals surface area contributed by atoms with Crippen LogP contribution in [0.25, 0.3) is 0 Å². The molecular formula is C18H16INO5. The van der Waals surface area contributed by atoms with Gasteiger partial charge in [-0.05, 0) is 58.5 Å². The number of ether oxygens (including phenoxy) is 1. The molecule has 7 heteroatoms. The first-order valence-corrected chi connectivity index (χ1v) is 8.49. The Morgan fingerprint density at radius 1 is 1.16 bits per heavy atom. The van der Waals surface area contributed by atoms with Gasteiger partial charge in [-0.15, -0.1) is 0 Å². The van der Waals surface area contributed by atoms with Gasteiger partial charge in [0, 0.05) is 22.5 Å². The molecule has 0 aliphatic rings. The van der Waals surface area contributed by atoms with E-state index in [0.717, 1.165) is 9.13 Å². The topological polar surface area (TPSA) is 92.7 Å². The zero-order chi connectivity index (χ0) is 18.4. The zero-order valence-electron chi connectivity index (χ0n) is 13.4. The fraction of sp³-hybridized carbons (Fsp3) is 0.167. The first-order valence-electron chi connectivity index (χ1n) is 7.42. The van der Waals surface area contributed by atoms with Crippen molar-refractivity contribution in [1.29, 1.82) is 0 Å². The Labute approximate surface area is 158 Å². The molecule has 0 saturated carbocycles. The van der Waals surface area contributed by atoms with Crippen molar-refractivity contribution in [3.63, 3.8) is 0 Å². The van der Waals surface area contributed by atoms with Crippen molar-refractivity contribution in [3.05, 3.63) is 63.2 Å². The molecule has 0 fully saturated rings. The minimum Gasteiger partial charge on any atom is -0.480 e. The predicted molar refractivity (Wildman–Crippen MR) is 99.5 cm³/mol. The van der Waals surface area contributed by atoms with Gasteiger partial charge in [0.05, 0.1) is 0 Å². The largest absolute Gasteiger partial charge is 0.480 e. The van der Waals surface area contributed by atoms with Crippen molar-refractivity contribution in [2.75, 3.05) is 0 Å². The Kier molecular flexibility index (Phi) is 6.51. The molecule has 6 nitrogen and oxygen atoms in total. The van der Waals surface area contributed by atoms with E-state index in [-0.39, 0.29) is 17.7 Å². The smallest absolute Gasteiger partial charge is 0.326 e. The van der Waals surface area contributed by atoms with Gasteiger partial charge in [-0.1, -0.05) is 18.2 Å². The number of carbonyl (C=O) groups is 3. The SMILES string of the molecule is CC(=O)Oc1cccc(C(=O)N[C@H](Cc2cccc(I)c2)C(=O)O)c1. The van der Waals surface area contributed by atoms with E-state index >= 15 is 0 Å². The van der Waals surface area contributed by atoms with Crippen LogP contribution in [0.2, 0.25) is 0 Å². The number of benzene rings is 2. The third-order valence-corrected chi connectivity index (χ3v) is 3.96. The van der Waals surface area contributed by atoms with E-state index in [1.165, 1.54) is 19.1 Å². The summed E-state index contributed by atoms with van der Waals surface area (Å²) < 4.78 is 5.92. The summed E-state index contributed by atoms with van der Waals surface area (Å²) in [4.78, 5) is 34.8. The second-order valence-corrected chi connectivity index (χ2v) is 6.57. The fourth-order valence-electron chi connectivity index (χ4n) is 2.21. The van der Waals surface area contributed by atoms with E-state index in [2.05, 4.69) is 27.9 Å². The van der Waals surface area contributed by atoms with Crippen molar-refractivity contribution in [1.82, 2.24) is 5.32 Å². The van der Waals surface area contributed by atoms with Crippen LogP contribution < -0.4 is 10.1 Å². The lowest BCUT2D eigenvalue weighted by atomic mass is 10.1. The molecule has 0 saturated heterocycles. The first-order chi connectivity index (χ1) is 11.8. The van der Waals surface area contributed by atoms with Crippen LogP contribution in [-0.4, -0.2) is 29.0 Å². The van der Waals surface area contributed by atoms with E-state index in [1.54, 1.807) is 12.1 Å². The highest BCUT2D eigenvalue weighted by Crippen LogP contribution is 2.14. The Hall–Kier alpha value is -2.42. The van der Waals surface area contributed by atoms with Gasteiger partial charge in [0.15, 0.2) is 0 Å². The number of carboxylic acid groups (broad SMARTS) is 1. The van der Waals surface area contributed by atoms with Gasteiger partial charge in [-0.3, -0.25) is 9.59 Å². The van der Waals surface area contributed by atoms with Crippen LogP contribution in [0.5, 0.6) is 5.75 Å². The molecular weight excluding hydrogens is 437 g/mol. The van der Waals surface area contributed by atoms with Crippen LogP contribution in [0.3, 0.4) is 0 Å². The summed E-state index contributed by atoms with van der Waals surface area (Å²) in [6.45, 7) is 1.26. The number of hydrogen-bond acceptors (Lipinski definition) is 4. The van der Waals surface area contributed by atoms with Crippen molar-refractivity contribution in [3.8, 4) is 5.75 Å². The number of rotatable bonds is 6. The number of carboxylic acids is 1. The third-order valence-electron chi connectivity index (χ3n) is 3.29. The van der Waals surface area contributed by atoms with Gasteiger partial charge in [0.1, 0.15) is 11.8 Å². The minimum absolute atomic E-state index is 0.168. The number of esters is 1. The quantitative estimate of drug-likeness (QED) is 0.399. The molecule has 0 bridgehead atoms. The molecule has 0 aliphatic heterocycles. The molecule has 0 spiro atoms. The Balaban J connectivity index is 2.12. The summed E-state index contributed by atoms with van der Waals surface area (Å²) in [5, 5.41) is 11.9. The molecule has 25 heavy (non-hydrogen) atoms. The molecule has 2 aromatic rings. The van der Waals surface area contributed by atoms with E-state index in [1.807, 2.05) is 24.3 Å². The molecule has 130 valence electrons. The highest BCUT2D eigenvalue weighted by Gasteiger charge is 2.21. The summed E-state index contributed by atoms with van der Waals surface area (Å²) in [7, 11) is 0. The maximum Gasteiger partial charge on any atom is 0.326 e. The number of hydrogen-bond donors (Lipinski definition) is 2. The Bertz CT molecular complexity index is 806. The summed E-state index contributed by atoms with van der Waals surface area (Å²) in [5.41, 5.74) is 1.03. The number of aliphatic carboxylic acids is 1. The molecule has 2 rings (SSSR count). The maximum atomic E-state index is 12.3. The highest BCUT2D eigenvalue weighted by atomic mass is 127. The van der Waals surface area contributed by atoms with Crippen LogP contribution in [0.15, 0.2) is 48.5 Å². The van der Waals surface area contributed by atoms with Gasteiger partial charge >= 0.3 is 11.9 Å². The van der Waals surface area contributed by atoms with Gasteiger partial charge < -0.3 is 15.2 Å². The summed E-state index contributed by atoms with van der Waals surface area (Å²) >= 11 is 2.14. The lowest BCUT2D eigenvalue weighted by Crippen LogP contribution is -2.42. The maximum absolute atomic E-state index is 12.3. The predicted octanol–water partition coefficient (Wildman–Crippen LogP) is 2.64. The fourth-order valence-corrected chi connectivity index (χ4v) is 2.82. The molecule has 1 atom stereocenters. The lowest BCUT2D eigenvalue weighted by molar-refractivity contribution is -0.139. The van der Waals surface area contributed by atoms with Crippen LogP contribution in [0.1, 0.15) is 22.8 Å². The normalized spacial score (nSPS) is 11.4. The summed E-state index contributed by atoms with van der Waals surface area (Å²) in [5.74, 6) is -1.94. The number of carbonyl (C=O) groups excluding carboxylic acids is 2. The van der Waals surface area contributed by atoms with Gasteiger partial charge in [-0.2, -0.15) is 0 Å². The zero-order valence-corrected chi connectivity index (χ0v) is 15.5. The third kappa shape index (κ3) is 5.86. The van der Waals surface area contributed by atoms with Crippen LogP contribution in [0, 0.1) is 3.57 Å². The van der Waals surface area contributed by atoms with Crippen molar-refractivity contribution in [2.24, 2.45) is 0 Å². The molecule has 2 N–H and O–H groups in total. The second kappa shape index (κ2) is 8.61. The molecule has 0 radical (unpaired) electrons. The average Bonchev–Trinajstić information content (AvgIpc) is 2.53. The van der Waals surface area contributed by atoms with Crippen molar-refractivity contribution in [2.45, 2.75) is 19.4 Å². The lowest BCUT2D eigenvalue weighted by Gasteiger charge is -2.15. The summed E-state index contributed by atoms with van der Waals surface area (Å²) in [6.07, 6.45) is 0.168. The van der Waals surface area contributed by atoms with Gasteiger partial charge in [0.25, 0.3) is 5.91 Å². The molecule has 1 amide bonds. The average molecular weight is 453 g/mol. The number of nitrogens with one attached hydrogen (secondary N) is 1. The summed E-state index contributed by atoms with van der Waals surface area (Å²) in [6, 6.07) is 12.4. The first kappa shape index (κ1) is 18.9. The molecule has 0 aliphatic carbocycles. The van der Waals surface area contributed by atoms with Crippen LogP contribution in [-0.2, 0) is 16.0 Å². The van der Waals surface area contributed by atoms with E-state index in [9.17, 15) is 19.5 Å². The van der Waals surface area contributed by atoms with Crippen molar-refractivity contribution < 1.29 is 24.2 Å². The minimum atomic E-state index is -1.12. The van der Waals surface area contributed by atoms with E-state index in [4.69, 9.17) is 4.74 Å². The van der Waals surface area contributed by atoms with Crippen LogP contribution in [0.4, 0.5) is 0 Å². The molecule has 2 aromatic carbocycles. The second-order valence-electron chi connectivity index (χ2n) is 5.32. The van der Waals surface area contributed by atoms with Crippen LogP contribution >= 0.6 is 22.6 Å². The monoisotopic (exact) mass is 453 g/mol. The molecule has 0 unspecified atom stereocenters. The number of amides is 1. The highest BCUT2D eigenvalue weighted by molar-refractivity contribution is 14.1. The van der Waals surface area contributed by atoms with E-state index < -0.39 is 23.9 Å². The van der Waals surface area contributed by atoms with Crippen molar-refractivity contribution >= 4 is 40.4 Å². The number of halogens is 1. The Morgan fingerprint density at radius 3 is 2.52 bits per heavy atom. The molecule has 0 aromatic heterocycles. The Morgan fingerprint density at radius 2 is 1.88 bits per heavy atom. The standard InChI is InChI=1S/C18H16INO5/c1-11(21)25-15-7-3-5-13(10-15)17(22)20-16(18(23)24)9-12-4-2-6-14(19)8-12/h2-8,10,16H,9H2,1H3,(H,20,22)(H,23,24)/t16-/m1/s1.